The number of aryl methyl sites for hydroxylation is 4. The first-order valence-electron chi connectivity index (χ1n) is 10.4. The number of carbonyl (C=O) groups excluding carboxylic acids is 1. The van der Waals surface area contributed by atoms with Crippen molar-refractivity contribution in [3.8, 4) is 0 Å². The number of benzene rings is 2. The van der Waals surface area contributed by atoms with Crippen molar-refractivity contribution in [2.24, 2.45) is 5.41 Å². The van der Waals surface area contributed by atoms with Crippen LogP contribution in [0.1, 0.15) is 47.6 Å². The molecule has 1 atom stereocenters. The van der Waals surface area contributed by atoms with E-state index < -0.39 is 15.4 Å². The maximum Gasteiger partial charge on any atom is 0.243 e. The van der Waals surface area contributed by atoms with Gasteiger partial charge in [0.1, 0.15) is 0 Å². The van der Waals surface area contributed by atoms with Crippen LogP contribution in [0, 0.1) is 33.1 Å². The molecular formula is C24H32N2O3S. The van der Waals surface area contributed by atoms with Gasteiger partial charge in [-0.15, -0.1) is 0 Å². The van der Waals surface area contributed by atoms with E-state index in [1.165, 1.54) is 9.87 Å². The first-order chi connectivity index (χ1) is 14.0. The van der Waals surface area contributed by atoms with E-state index in [-0.39, 0.29) is 12.5 Å². The van der Waals surface area contributed by atoms with Gasteiger partial charge in [0.25, 0.3) is 0 Å². The lowest BCUT2D eigenvalue weighted by atomic mass is 9.82. The highest BCUT2D eigenvalue weighted by molar-refractivity contribution is 7.89. The van der Waals surface area contributed by atoms with Crippen molar-refractivity contribution in [2.45, 2.75) is 58.9 Å². The van der Waals surface area contributed by atoms with Crippen LogP contribution in [0.5, 0.6) is 0 Å². The van der Waals surface area contributed by atoms with Gasteiger partial charge in [0.05, 0.1) is 10.3 Å². The molecular weight excluding hydrogens is 396 g/mol. The number of rotatable bonds is 5. The minimum Gasteiger partial charge on any atom is -0.352 e. The van der Waals surface area contributed by atoms with Gasteiger partial charge in [0.15, 0.2) is 0 Å². The molecule has 1 aliphatic rings. The van der Waals surface area contributed by atoms with Gasteiger partial charge in [-0.1, -0.05) is 35.9 Å². The topological polar surface area (TPSA) is 66.5 Å². The summed E-state index contributed by atoms with van der Waals surface area (Å²) in [6, 6.07) is 11.7. The lowest BCUT2D eigenvalue weighted by Crippen LogP contribution is -2.51. The standard InChI is InChI=1S/C24H32N2O3S/c1-17-7-9-21(10-8-17)15-25-23(27)24(5)11-6-12-26(16-24)30(28,29)22-14-19(3)18(2)13-20(22)4/h7-10,13-14H,6,11-12,15-16H2,1-5H3,(H,25,27)/t24-/m0/s1. The van der Waals surface area contributed by atoms with Gasteiger partial charge >= 0.3 is 0 Å². The number of nitrogens with zero attached hydrogens (tertiary/aromatic N) is 1. The lowest BCUT2D eigenvalue weighted by molar-refractivity contribution is -0.132. The number of hydrogen-bond acceptors (Lipinski definition) is 3. The quantitative estimate of drug-likeness (QED) is 0.782. The van der Waals surface area contributed by atoms with Crippen LogP contribution in [0.4, 0.5) is 0 Å². The summed E-state index contributed by atoms with van der Waals surface area (Å²) in [6.07, 6.45) is 1.34. The van der Waals surface area contributed by atoms with Crippen molar-refractivity contribution in [1.82, 2.24) is 9.62 Å². The second-order valence-corrected chi connectivity index (χ2v) is 10.8. The van der Waals surface area contributed by atoms with Crippen molar-refractivity contribution in [1.29, 1.82) is 0 Å². The van der Waals surface area contributed by atoms with Crippen LogP contribution < -0.4 is 5.32 Å². The number of carbonyl (C=O) groups is 1. The molecule has 30 heavy (non-hydrogen) atoms. The second kappa shape index (κ2) is 8.52. The van der Waals surface area contributed by atoms with Gasteiger partial charge in [-0.3, -0.25) is 4.79 Å². The molecule has 0 spiro atoms. The fourth-order valence-electron chi connectivity index (χ4n) is 4.04. The highest BCUT2D eigenvalue weighted by atomic mass is 32.2. The average molecular weight is 429 g/mol. The molecule has 0 unspecified atom stereocenters. The van der Waals surface area contributed by atoms with Gasteiger partial charge in [0, 0.05) is 19.6 Å². The van der Waals surface area contributed by atoms with E-state index in [0.717, 1.165) is 22.3 Å². The molecule has 5 nitrogen and oxygen atoms in total. The van der Waals surface area contributed by atoms with E-state index in [0.29, 0.717) is 30.8 Å². The van der Waals surface area contributed by atoms with Crippen molar-refractivity contribution in [2.75, 3.05) is 13.1 Å². The predicted octanol–water partition coefficient (Wildman–Crippen LogP) is 4.03. The Kier molecular flexibility index (Phi) is 6.39. The summed E-state index contributed by atoms with van der Waals surface area (Å²) in [6.45, 7) is 10.7. The van der Waals surface area contributed by atoms with Crippen molar-refractivity contribution >= 4 is 15.9 Å². The van der Waals surface area contributed by atoms with Crippen LogP contribution in [-0.2, 0) is 21.4 Å². The molecule has 0 radical (unpaired) electrons. The summed E-state index contributed by atoms with van der Waals surface area (Å²) in [5.74, 6) is -0.0974. The summed E-state index contributed by atoms with van der Waals surface area (Å²) in [5.41, 5.74) is 4.23. The molecule has 0 bridgehead atoms. The Morgan fingerprint density at radius 2 is 1.67 bits per heavy atom. The molecule has 6 heteroatoms. The number of amides is 1. The largest absolute Gasteiger partial charge is 0.352 e. The Morgan fingerprint density at radius 1 is 1.03 bits per heavy atom. The smallest absolute Gasteiger partial charge is 0.243 e. The zero-order valence-corrected chi connectivity index (χ0v) is 19.4. The minimum atomic E-state index is -3.66. The highest BCUT2D eigenvalue weighted by Gasteiger charge is 2.42. The van der Waals surface area contributed by atoms with Gasteiger partial charge in [-0.05, 0) is 75.8 Å². The monoisotopic (exact) mass is 428 g/mol. The van der Waals surface area contributed by atoms with E-state index >= 15 is 0 Å². The SMILES string of the molecule is Cc1ccc(CNC(=O)[C@@]2(C)CCCN(S(=O)(=O)c3cc(C)c(C)cc3C)C2)cc1. The van der Waals surface area contributed by atoms with Gasteiger partial charge in [0.2, 0.25) is 15.9 Å². The molecule has 0 aromatic heterocycles. The predicted molar refractivity (Wildman–Crippen MR) is 120 cm³/mol. The highest BCUT2D eigenvalue weighted by Crippen LogP contribution is 2.34. The Hall–Kier alpha value is -2.18. The molecule has 1 aliphatic heterocycles. The molecule has 1 saturated heterocycles. The number of nitrogens with one attached hydrogen (secondary N) is 1. The van der Waals surface area contributed by atoms with Crippen LogP contribution >= 0.6 is 0 Å². The summed E-state index contributed by atoms with van der Waals surface area (Å²) >= 11 is 0. The molecule has 0 saturated carbocycles. The van der Waals surface area contributed by atoms with Crippen LogP contribution in [-0.4, -0.2) is 31.7 Å². The Balaban J connectivity index is 1.77. The van der Waals surface area contributed by atoms with Gasteiger partial charge < -0.3 is 5.32 Å². The van der Waals surface area contributed by atoms with Crippen molar-refractivity contribution in [3.05, 3.63) is 64.2 Å². The molecule has 1 N–H and O–H groups in total. The molecule has 1 fully saturated rings. The van der Waals surface area contributed by atoms with Crippen LogP contribution in [0.2, 0.25) is 0 Å². The van der Waals surface area contributed by atoms with E-state index in [1.54, 1.807) is 6.07 Å². The summed E-state index contributed by atoms with van der Waals surface area (Å²) in [5, 5.41) is 3.01. The Morgan fingerprint density at radius 3 is 2.33 bits per heavy atom. The van der Waals surface area contributed by atoms with E-state index in [2.05, 4.69) is 5.32 Å². The summed E-state index contributed by atoms with van der Waals surface area (Å²) < 4.78 is 28.3. The molecule has 2 aromatic rings. The van der Waals surface area contributed by atoms with Crippen LogP contribution in [0.25, 0.3) is 0 Å². The second-order valence-electron chi connectivity index (χ2n) is 8.87. The average Bonchev–Trinajstić information content (AvgIpc) is 2.70. The third kappa shape index (κ3) is 4.60. The number of sulfonamides is 1. The van der Waals surface area contributed by atoms with Crippen molar-refractivity contribution in [3.63, 3.8) is 0 Å². The van der Waals surface area contributed by atoms with Crippen molar-refractivity contribution < 1.29 is 13.2 Å². The van der Waals surface area contributed by atoms with E-state index in [4.69, 9.17) is 0 Å². The normalized spacial score (nSPS) is 20.2. The lowest BCUT2D eigenvalue weighted by Gasteiger charge is -2.38. The fraction of sp³-hybridized carbons (Fsp3) is 0.458. The Labute approximate surface area is 180 Å². The summed E-state index contributed by atoms with van der Waals surface area (Å²) in [7, 11) is -3.66. The minimum absolute atomic E-state index is 0.0974. The zero-order valence-electron chi connectivity index (χ0n) is 18.6. The fourth-order valence-corrected chi connectivity index (χ4v) is 5.93. The third-order valence-electron chi connectivity index (χ3n) is 6.19. The van der Waals surface area contributed by atoms with E-state index in [1.807, 2.05) is 65.0 Å². The third-order valence-corrected chi connectivity index (χ3v) is 8.18. The summed E-state index contributed by atoms with van der Waals surface area (Å²) in [4.78, 5) is 13.3. The maximum atomic E-state index is 13.4. The zero-order chi connectivity index (χ0) is 22.1. The van der Waals surface area contributed by atoms with Gasteiger partial charge in [-0.25, -0.2) is 8.42 Å². The number of hydrogen-bond donors (Lipinski definition) is 1. The molecule has 1 amide bonds. The molecule has 1 heterocycles. The number of piperidine rings is 1. The molecule has 3 rings (SSSR count). The van der Waals surface area contributed by atoms with Crippen LogP contribution in [0.3, 0.4) is 0 Å². The van der Waals surface area contributed by atoms with Gasteiger partial charge in [-0.2, -0.15) is 4.31 Å². The molecule has 0 aliphatic carbocycles. The molecule has 162 valence electrons. The first kappa shape index (κ1) is 22.5. The van der Waals surface area contributed by atoms with Crippen LogP contribution in [0.15, 0.2) is 41.3 Å². The molecule has 2 aromatic carbocycles. The first-order valence-corrected chi connectivity index (χ1v) is 11.9. The maximum absolute atomic E-state index is 13.4. The van der Waals surface area contributed by atoms with E-state index in [9.17, 15) is 13.2 Å². The Bertz CT molecular complexity index is 1040.